The smallest absolute Gasteiger partial charge is 0.180 e. The van der Waals surface area contributed by atoms with Gasteiger partial charge in [0.1, 0.15) is 16.3 Å². The van der Waals surface area contributed by atoms with Crippen molar-refractivity contribution in [3.05, 3.63) is 34.9 Å². The first-order valence-corrected chi connectivity index (χ1v) is 13.2. The van der Waals surface area contributed by atoms with Gasteiger partial charge in [0.2, 0.25) is 0 Å². The molecule has 0 aliphatic carbocycles. The normalized spacial score (nSPS) is 23.4. The fourth-order valence-electron chi connectivity index (χ4n) is 5.19. The summed E-state index contributed by atoms with van der Waals surface area (Å²) in [6.45, 7) is 3.23. The van der Waals surface area contributed by atoms with E-state index in [0.717, 1.165) is 31.9 Å². The summed E-state index contributed by atoms with van der Waals surface area (Å²) in [5.74, 6) is 0.0459. The van der Waals surface area contributed by atoms with Crippen LogP contribution in [0.5, 0.6) is 0 Å². The molecule has 0 amide bonds. The van der Waals surface area contributed by atoms with E-state index >= 15 is 0 Å². The third kappa shape index (κ3) is 3.88. The number of fused-ring (bicyclic) bond motifs is 3. The molecule has 2 fully saturated rings. The van der Waals surface area contributed by atoms with Gasteiger partial charge in [-0.2, -0.15) is 9.61 Å². The predicted octanol–water partition coefficient (Wildman–Crippen LogP) is 2.66. The van der Waals surface area contributed by atoms with Crippen molar-refractivity contribution in [3.63, 3.8) is 0 Å². The minimum Gasteiger partial charge on any atom is -0.384 e. The molecule has 0 radical (unpaired) electrons. The SMILES string of the molecule is CC(C)(O)c1ncc(-c2cnn3c(N)c(S(C)(=O)=O)c(C4CC5CCC(C4)N5)nc23)cc1Cl. The van der Waals surface area contributed by atoms with Crippen molar-refractivity contribution < 1.29 is 13.5 Å². The van der Waals surface area contributed by atoms with Gasteiger partial charge in [-0.25, -0.2) is 13.4 Å². The van der Waals surface area contributed by atoms with Crippen LogP contribution in [0.4, 0.5) is 5.82 Å². The van der Waals surface area contributed by atoms with Gasteiger partial charge in [0, 0.05) is 41.6 Å². The highest BCUT2D eigenvalue weighted by Gasteiger charge is 2.38. The van der Waals surface area contributed by atoms with Crippen LogP contribution in [0, 0.1) is 0 Å². The summed E-state index contributed by atoms with van der Waals surface area (Å²) < 4.78 is 26.9. The van der Waals surface area contributed by atoms with Crippen LogP contribution in [0.15, 0.2) is 23.4 Å². The maximum atomic E-state index is 12.8. The number of pyridine rings is 1. The van der Waals surface area contributed by atoms with Gasteiger partial charge in [0.05, 0.1) is 22.6 Å². The quantitative estimate of drug-likeness (QED) is 0.507. The molecular weight excluding hydrogens is 464 g/mol. The highest BCUT2D eigenvalue weighted by atomic mass is 35.5. The lowest BCUT2D eigenvalue weighted by Gasteiger charge is -2.30. The van der Waals surface area contributed by atoms with Crippen molar-refractivity contribution in [1.29, 1.82) is 0 Å². The van der Waals surface area contributed by atoms with Gasteiger partial charge in [0.15, 0.2) is 15.5 Å². The third-order valence-electron chi connectivity index (χ3n) is 6.63. The van der Waals surface area contributed by atoms with Crippen molar-refractivity contribution in [2.75, 3.05) is 12.0 Å². The Morgan fingerprint density at radius 3 is 2.48 bits per heavy atom. The summed E-state index contributed by atoms with van der Waals surface area (Å²) >= 11 is 6.41. The van der Waals surface area contributed by atoms with E-state index in [9.17, 15) is 13.5 Å². The van der Waals surface area contributed by atoms with Gasteiger partial charge in [-0.3, -0.25) is 4.98 Å². The maximum absolute atomic E-state index is 12.8. The highest BCUT2D eigenvalue weighted by Crippen LogP contribution is 2.41. The zero-order valence-corrected chi connectivity index (χ0v) is 20.3. The van der Waals surface area contributed by atoms with E-state index in [-0.39, 0.29) is 16.6 Å². The average Bonchev–Trinajstić information content (AvgIpc) is 3.28. The number of rotatable bonds is 4. The number of piperidine rings is 1. The van der Waals surface area contributed by atoms with Gasteiger partial charge in [0.25, 0.3) is 0 Å². The molecule has 5 rings (SSSR count). The van der Waals surface area contributed by atoms with Gasteiger partial charge in [-0.15, -0.1) is 0 Å². The van der Waals surface area contributed by atoms with Crippen LogP contribution in [0.1, 0.15) is 56.8 Å². The van der Waals surface area contributed by atoms with Crippen LogP contribution < -0.4 is 11.1 Å². The van der Waals surface area contributed by atoms with E-state index in [4.69, 9.17) is 22.3 Å². The molecule has 9 nitrogen and oxygen atoms in total. The topological polar surface area (TPSA) is 136 Å². The Hall–Kier alpha value is -2.27. The molecule has 176 valence electrons. The van der Waals surface area contributed by atoms with E-state index in [0.29, 0.717) is 45.3 Å². The summed E-state index contributed by atoms with van der Waals surface area (Å²) in [5.41, 5.74) is 7.81. The Morgan fingerprint density at radius 1 is 1.24 bits per heavy atom. The van der Waals surface area contributed by atoms with Crippen LogP contribution in [0.25, 0.3) is 16.8 Å². The molecule has 2 saturated heterocycles. The van der Waals surface area contributed by atoms with Crippen LogP contribution in [-0.2, 0) is 15.4 Å². The molecule has 11 heteroatoms. The fraction of sp³-hybridized carbons (Fsp3) is 0.500. The molecule has 0 spiro atoms. The second-order valence-electron chi connectivity index (χ2n) is 9.70. The number of aromatic nitrogens is 4. The van der Waals surface area contributed by atoms with Gasteiger partial charge in [-0.05, 0) is 45.6 Å². The van der Waals surface area contributed by atoms with E-state index < -0.39 is 15.4 Å². The first kappa shape index (κ1) is 22.5. The molecule has 2 aliphatic heterocycles. The van der Waals surface area contributed by atoms with Crippen molar-refractivity contribution in [1.82, 2.24) is 24.9 Å². The second-order valence-corrected chi connectivity index (χ2v) is 12.1. The van der Waals surface area contributed by atoms with Crippen molar-refractivity contribution in [3.8, 4) is 11.1 Å². The zero-order valence-electron chi connectivity index (χ0n) is 18.7. The molecule has 2 unspecified atom stereocenters. The Labute approximate surface area is 197 Å². The predicted molar refractivity (Wildman–Crippen MR) is 126 cm³/mol. The molecule has 4 N–H and O–H groups in total. The number of sulfone groups is 1. The number of halogens is 1. The number of nitrogens with one attached hydrogen (secondary N) is 1. The summed E-state index contributed by atoms with van der Waals surface area (Å²) in [6, 6.07) is 2.43. The van der Waals surface area contributed by atoms with Crippen molar-refractivity contribution >= 4 is 32.9 Å². The van der Waals surface area contributed by atoms with E-state index in [1.54, 1.807) is 32.3 Å². The molecule has 3 aromatic rings. The van der Waals surface area contributed by atoms with Gasteiger partial charge in [-0.1, -0.05) is 11.6 Å². The number of hydrogen-bond donors (Lipinski definition) is 3. The monoisotopic (exact) mass is 490 g/mol. The lowest BCUT2D eigenvalue weighted by Crippen LogP contribution is -2.38. The third-order valence-corrected chi connectivity index (χ3v) is 8.07. The number of nitrogen functional groups attached to an aromatic ring is 1. The van der Waals surface area contributed by atoms with Crippen LogP contribution in [-0.4, -0.2) is 51.4 Å². The summed E-state index contributed by atoms with van der Waals surface area (Å²) in [6.07, 6.45) is 8.15. The molecule has 2 bridgehead atoms. The van der Waals surface area contributed by atoms with Crippen LogP contribution in [0.2, 0.25) is 5.02 Å². The van der Waals surface area contributed by atoms with E-state index in [2.05, 4.69) is 15.4 Å². The molecule has 0 aromatic carbocycles. The van der Waals surface area contributed by atoms with Crippen molar-refractivity contribution in [2.45, 2.75) is 68.0 Å². The van der Waals surface area contributed by atoms with Crippen LogP contribution >= 0.6 is 11.6 Å². The Bertz CT molecular complexity index is 1350. The minimum atomic E-state index is -3.63. The molecule has 0 saturated carbocycles. The highest BCUT2D eigenvalue weighted by molar-refractivity contribution is 7.91. The molecular formula is C22H27ClN6O3S. The van der Waals surface area contributed by atoms with Crippen LogP contribution in [0.3, 0.4) is 0 Å². The summed E-state index contributed by atoms with van der Waals surface area (Å²) in [5, 5.41) is 18.5. The molecule has 2 aliphatic rings. The molecule has 5 heterocycles. The average molecular weight is 491 g/mol. The largest absolute Gasteiger partial charge is 0.384 e. The zero-order chi connectivity index (χ0) is 23.7. The molecule has 3 aromatic heterocycles. The summed E-state index contributed by atoms with van der Waals surface area (Å²) in [7, 11) is -3.63. The van der Waals surface area contributed by atoms with E-state index in [1.165, 1.54) is 4.52 Å². The number of nitrogens with zero attached hydrogens (tertiary/aromatic N) is 4. The lowest BCUT2D eigenvalue weighted by molar-refractivity contribution is 0.0740. The standard InChI is InChI=1S/C22H27ClN6O3S/c1-22(2,30)19-16(23)8-12(9-25-19)15-10-26-29-20(24)18(33(3,31)32)17(28-21(15)29)11-6-13-4-5-14(7-11)27-13/h8-11,13-14,27,30H,4-7,24H2,1-3H3. The number of nitrogens with two attached hydrogens (primary N) is 1. The van der Waals surface area contributed by atoms with Gasteiger partial charge < -0.3 is 16.2 Å². The molecule has 33 heavy (non-hydrogen) atoms. The number of aliphatic hydroxyl groups is 1. The van der Waals surface area contributed by atoms with Crippen molar-refractivity contribution in [2.24, 2.45) is 0 Å². The lowest BCUT2D eigenvalue weighted by atomic mass is 9.89. The number of hydrogen-bond acceptors (Lipinski definition) is 8. The Morgan fingerprint density at radius 2 is 1.91 bits per heavy atom. The second kappa shape index (κ2) is 7.63. The Balaban J connectivity index is 1.69. The minimum absolute atomic E-state index is 0.0113. The number of anilines is 1. The summed E-state index contributed by atoms with van der Waals surface area (Å²) in [4.78, 5) is 9.26. The fourth-order valence-corrected chi connectivity index (χ4v) is 6.65. The first-order valence-electron chi connectivity index (χ1n) is 11.0. The Kier molecular flexibility index (Phi) is 5.20. The maximum Gasteiger partial charge on any atom is 0.180 e. The van der Waals surface area contributed by atoms with E-state index in [1.807, 2.05) is 0 Å². The van der Waals surface area contributed by atoms with Gasteiger partial charge >= 0.3 is 0 Å². The molecule has 2 atom stereocenters. The first-order chi connectivity index (χ1) is 15.4.